The van der Waals surface area contributed by atoms with Gasteiger partial charge in [0.1, 0.15) is 5.82 Å². The van der Waals surface area contributed by atoms with Crippen LogP contribution in [0.25, 0.3) is 16.7 Å². The van der Waals surface area contributed by atoms with Gasteiger partial charge in [0.2, 0.25) is 5.91 Å². The van der Waals surface area contributed by atoms with Crippen molar-refractivity contribution in [3.05, 3.63) is 58.8 Å². The minimum atomic E-state index is 0.154. The smallest absolute Gasteiger partial charge is 0.225 e. The molecule has 5 nitrogen and oxygen atoms in total. The average molecular weight is 469 g/mol. The molecule has 0 radical (unpaired) electrons. The Bertz CT molecular complexity index is 1020. The molecular formula is C24H29BrN4O. The van der Waals surface area contributed by atoms with Crippen LogP contribution in [0.2, 0.25) is 0 Å². The molecule has 0 aliphatic carbocycles. The SMILES string of the molecule is CCCN(C)C(=O)C1CCN(Cc2nc3ccccc3n2-c2cccc(Br)c2)CC1. The summed E-state index contributed by atoms with van der Waals surface area (Å²) in [5.74, 6) is 1.50. The molecule has 0 saturated carbocycles. The van der Waals surface area contributed by atoms with E-state index in [9.17, 15) is 4.79 Å². The van der Waals surface area contributed by atoms with Gasteiger partial charge in [-0.25, -0.2) is 4.98 Å². The largest absolute Gasteiger partial charge is 0.346 e. The number of rotatable bonds is 6. The molecule has 2 aromatic carbocycles. The predicted molar refractivity (Wildman–Crippen MR) is 125 cm³/mol. The lowest BCUT2D eigenvalue weighted by Crippen LogP contribution is -2.41. The van der Waals surface area contributed by atoms with Crippen LogP contribution in [0.1, 0.15) is 32.0 Å². The fourth-order valence-electron chi connectivity index (χ4n) is 4.38. The van der Waals surface area contributed by atoms with Crippen LogP contribution < -0.4 is 0 Å². The minimum absolute atomic E-state index is 0.154. The maximum Gasteiger partial charge on any atom is 0.225 e. The summed E-state index contributed by atoms with van der Waals surface area (Å²) in [5, 5.41) is 0. The summed E-state index contributed by atoms with van der Waals surface area (Å²) in [6, 6.07) is 16.6. The van der Waals surface area contributed by atoms with Crippen LogP contribution in [0.3, 0.4) is 0 Å². The second-order valence-corrected chi connectivity index (χ2v) is 9.06. The first-order chi connectivity index (χ1) is 14.6. The zero-order chi connectivity index (χ0) is 21.1. The van der Waals surface area contributed by atoms with Gasteiger partial charge in [-0.1, -0.05) is 41.1 Å². The van der Waals surface area contributed by atoms with Gasteiger partial charge in [0.05, 0.1) is 17.6 Å². The van der Waals surface area contributed by atoms with Crippen molar-refractivity contribution >= 4 is 32.9 Å². The van der Waals surface area contributed by atoms with Gasteiger partial charge in [0, 0.05) is 29.7 Å². The number of likely N-dealkylation sites (tertiary alicyclic amines) is 1. The first-order valence-electron chi connectivity index (χ1n) is 10.8. The molecule has 0 unspecified atom stereocenters. The molecule has 1 fully saturated rings. The van der Waals surface area contributed by atoms with E-state index in [-0.39, 0.29) is 5.92 Å². The van der Waals surface area contributed by atoms with Gasteiger partial charge in [-0.15, -0.1) is 0 Å². The highest BCUT2D eigenvalue weighted by Gasteiger charge is 2.27. The van der Waals surface area contributed by atoms with E-state index in [0.29, 0.717) is 5.91 Å². The predicted octanol–water partition coefficient (Wildman–Crippen LogP) is 4.87. The molecule has 4 rings (SSSR count). The Balaban J connectivity index is 1.53. The van der Waals surface area contributed by atoms with Gasteiger partial charge in [0.15, 0.2) is 0 Å². The molecule has 0 N–H and O–H groups in total. The fourth-order valence-corrected chi connectivity index (χ4v) is 4.77. The van der Waals surface area contributed by atoms with Gasteiger partial charge in [-0.2, -0.15) is 0 Å². The third-order valence-corrected chi connectivity index (χ3v) is 6.43. The number of carbonyl (C=O) groups is 1. The summed E-state index contributed by atoms with van der Waals surface area (Å²) < 4.78 is 3.31. The summed E-state index contributed by atoms with van der Waals surface area (Å²) >= 11 is 3.60. The Morgan fingerprint density at radius 3 is 2.67 bits per heavy atom. The molecule has 0 bridgehead atoms. The number of aromatic nitrogens is 2. The summed E-state index contributed by atoms with van der Waals surface area (Å²) in [4.78, 5) is 21.9. The maximum absolute atomic E-state index is 12.6. The number of imidazole rings is 1. The van der Waals surface area contributed by atoms with Crippen LogP contribution >= 0.6 is 15.9 Å². The maximum atomic E-state index is 12.6. The third kappa shape index (κ3) is 4.44. The second kappa shape index (κ2) is 9.31. The Kier molecular flexibility index (Phi) is 6.54. The van der Waals surface area contributed by atoms with Gasteiger partial charge in [-0.3, -0.25) is 14.3 Å². The Morgan fingerprint density at radius 2 is 1.93 bits per heavy atom. The average Bonchev–Trinajstić information content (AvgIpc) is 3.11. The molecule has 3 aromatic rings. The van der Waals surface area contributed by atoms with Crippen molar-refractivity contribution in [2.75, 3.05) is 26.7 Å². The van der Waals surface area contributed by atoms with Gasteiger partial charge >= 0.3 is 0 Å². The lowest BCUT2D eigenvalue weighted by atomic mass is 9.95. The van der Waals surface area contributed by atoms with E-state index in [1.54, 1.807) is 0 Å². The van der Waals surface area contributed by atoms with Gasteiger partial charge < -0.3 is 4.90 Å². The topological polar surface area (TPSA) is 41.4 Å². The van der Waals surface area contributed by atoms with E-state index < -0.39 is 0 Å². The standard InChI is InChI=1S/C24H29BrN4O/c1-3-13-27(2)24(30)18-11-14-28(15-12-18)17-23-26-21-9-4-5-10-22(21)29(23)20-8-6-7-19(25)16-20/h4-10,16,18H,3,11-15,17H2,1-2H3. The van der Waals surface area contributed by atoms with Crippen molar-refractivity contribution in [2.24, 2.45) is 5.92 Å². The van der Waals surface area contributed by atoms with E-state index in [0.717, 1.165) is 72.5 Å². The van der Waals surface area contributed by atoms with Crippen LogP contribution in [-0.2, 0) is 11.3 Å². The number of carbonyl (C=O) groups excluding carboxylic acids is 1. The van der Waals surface area contributed by atoms with E-state index in [1.165, 1.54) is 0 Å². The van der Waals surface area contributed by atoms with Gasteiger partial charge in [-0.05, 0) is 62.7 Å². The molecule has 30 heavy (non-hydrogen) atoms. The monoisotopic (exact) mass is 468 g/mol. The zero-order valence-corrected chi connectivity index (χ0v) is 19.3. The minimum Gasteiger partial charge on any atom is -0.346 e. The lowest BCUT2D eigenvalue weighted by molar-refractivity contribution is -0.135. The third-order valence-electron chi connectivity index (χ3n) is 5.93. The number of hydrogen-bond acceptors (Lipinski definition) is 3. The zero-order valence-electron chi connectivity index (χ0n) is 17.7. The van der Waals surface area contributed by atoms with Crippen LogP contribution in [0, 0.1) is 5.92 Å². The number of halogens is 1. The highest BCUT2D eigenvalue weighted by atomic mass is 79.9. The summed E-state index contributed by atoms with van der Waals surface area (Å²) in [6.07, 6.45) is 2.85. The Hall–Kier alpha value is -2.18. The highest BCUT2D eigenvalue weighted by Crippen LogP contribution is 2.26. The summed E-state index contributed by atoms with van der Waals surface area (Å²) in [5.41, 5.74) is 3.25. The number of fused-ring (bicyclic) bond motifs is 1. The Morgan fingerprint density at radius 1 is 1.17 bits per heavy atom. The van der Waals surface area contributed by atoms with Crippen molar-refractivity contribution < 1.29 is 4.79 Å². The molecule has 1 saturated heterocycles. The molecule has 1 aliphatic rings. The van der Waals surface area contributed by atoms with Crippen molar-refractivity contribution in [3.63, 3.8) is 0 Å². The summed E-state index contributed by atoms with van der Waals surface area (Å²) in [7, 11) is 1.93. The molecule has 1 aliphatic heterocycles. The molecule has 0 atom stereocenters. The summed E-state index contributed by atoms with van der Waals surface area (Å²) in [6.45, 7) is 5.60. The Labute approximate surface area is 186 Å². The van der Waals surface area contributed by atoms with Crippen LogP contribution in [0.5, 0.6) is 0 Å². The fraction of sp³-hybridized carbons (Fsp3) is 0.417. The second-order valence-electron chi connectivity index (χ2n) is 8.14. The van der Waals surface area contributed by atoms with E-state index in [4.69, 9.17) is 4.98 Å². The number of amides is 1. The number of piperidine rings is 1. The first kappa shape index (κ1) is 21.1. The lowest BCUT2D eigenvalue weighted by Gasteiger charge is -2.33. The number of para-hydroxylation sites is 2. The highest BCUT2D eigenvalue weighted by molar-refractivity contribution is 9.10. The molecule has 2 heterocycles. The van der Waals surface area contributed by atoms with Gasteiger partial charge in [0.25, 0.3) is 0 Å². The van der Waals surface area contributed by atoms with E-state index >= 15 is 0 Å². The molecule has 0 spiro atoms. The first-order valence-corrected chi connectivity index (χ1v) is 11.6. The number of nitrogens with zero attached hydrogens (tertiary/aromatic N) is 4. The van der Waals surface area contributed by atoms with E-state index in [1.807, 2.05) is 24.1 Å². The molecule has 6 heteroatoms. The van der Waals surface area contributed by atoms with Crippen molar-refractivity contribution in [1.29, 1.82) is 0 Å². The van der Waals surface area contributed by atoms with Crippen LogP contribution in [0.15, 0.2) is 53.0 Å². The number of hydrogen-bond donors (Lipinski definition) is 0. The van der Waals surface area contributed by atoms with Crippen LogP contribution in [0.4, 0.5) is 0 Å². The molecule has 1 amide bonds. The van der Waals surface area contributed by atoms with Crippen molar-refractivity contribution in [2.45, 2.75) is 32.7 Å². The normalized spacial score (nSPS) is 15.6. The number of benzene rings is 2. The van der Waals surface area contributed by atoms with Crippen molar-refractivity contribution in [3.8, 4) is 5.69 Å². The quantitative estimate of drug-likeness (QED) is 0.518. The molecular weight excluding hydrogens is 440 g/mol. The van der Waals surface area contributed by atoms with E-state index in [2.05, 4.69) is 68.7 Å². The molecule has 158 valence electrons. The molecule has 1 aromatic heterocycles. The van der Waals surface area contributed by atoms with Crippen molar-refractivity contribution in [1.82, 2.24) is 19.4 Å². The van der Waals surface area contributed by atoms with Crippen LogP contribution in [-0.4, -0.2) is 51.9 Å².